The zero-order valence-electron chi connectivity index (χ0n) is 14.7. The van der Waals surface area contributed by atoms with Gasteiger partial charge in [0.05, 0.1) is 5.69 Å². The van der Waals surface area contributed by atoms with Crippen LogP contribution >= 0.6 is 11.3 Å². The number of carboxylic acid groups (broad SMARTS) is 1. The van der Waals surface area contributed by atoms with Crippen LogP contribution in [-0.4, -0.2) is 16.9 Å². The summed E-state index contributed by atoms with van der Waals surface area (Å²) in [6, 6.07) is 9.72. The van der Waals surface area contributed by atoms with E-state index in [1.807, 2.05) is 49.6 Å². The molecule has 2 atom stereocenters. The fraction of sp³-hybridized carbons (Fsp3) is 0.421. The Balaban J connectivity index is 1.96. The van der Waals surface area contributed by atoms with Gasteiger partial charge < -0.3 is 15.2 Å². The molecule has 0 aliphatic heterocycles. The molecule has 0 radical (unpaired) electrons. The highest BCUT2D eigenvalue weighted by Crippen LogP contribution is 2.26. The molecule has 0 aliphatic carbocycles. The third kappa shape index (κ3) is 5.67. The van der Waals surface area contributed by atoms with E-state index >= 15 is 0 Å². The molecule has 1 aromatic carbocycles. The van der Waals surface area contributed by atoms with Crippen LogP contribution in [0.5, 0.6) is 0 Å². The molecule has 0 unspecified atom stereocenters. The van der Waals surface area contributed by atoms with Crippen LogP contribution in [0.15, 0.2) is 35.7 Å². The van der Waals surface area contributed by atoms with Crippen molar-refractivity contribution < 1.29 is 14.7 Å². The zero-order chi connectivity index (χ0) is 18.4. The van der Waals surface area contributed by atoms with E-state index in [1.165, 1.54) is 11.3 Å². The minimum atomic E-state index is -1.09. The summed E-state index contributed by atoms with van der Waals surface area (Å²) >= 11 is 1.35. The number of aliphatic carboxylic acids is 1. The molecule has 25 heavy (non-hydrogen) atoms. The average molecular weight is 359 g/mol. The first-order valence-electron chi connectivity index (χ1n) is 8.38. The van der Waals surface area contributed by atoms with Gasteiger partial charge in [-0.05, 0) is 18.3 Å². The highest BCUT2D eigenvalue weighted by atomic mass is 32.1. The van der Waals surface area contributed by atoms with E-state index < -0.39 is 11.9 Å². The highest BCUT2D eigenvalue weighted by Gasteiger charge is 2.22. The standard InChI is InChI=1S/C19H24N2O3S/c1-12(2)9-15(18(23)24)13(3)10-17(22)21-19-20-16(11-25-19)14-7-5-4-6-8-14/h4-8,11-13,15H,9-10H2,1-3H3,(H,23,24)(H,20,21,22)/p-1/t13-,15+/m0/s1. The number of carbonyl (C=O) groups is 2. The molecule has 134 valence electrons. The topological polar surface area (TPSA) is 82.1 Å². The molecule has 0 spiro atoms. The Morgan fingerprint density at radius 3 is 2.48 bits per heavy atom. The summed E-state index contributed by atoms with van der Waals surface area (Å²) in [5.41, 5.74) is 1.79. The summed E-state index contributed by atoms with van der Waals surface area (Å²) in [6.45, 7) is 5.70. The molecule has 1 amide bonds. The largest absolute Gasteiger partial charge is 0.550 e. The number of rotatable bonds is 8. The summed E-state index contributed by atoms with van der Waals surface area (Å²) in [4.78, 5) is 28.0. The van der Waals surface area contributed by atoms with Gasteiger partial charge in [-0.15, -0.1) is 11.3 Å². The molecule has 0 fully saturated rings. The summed E-state index contributed by atoms with van der Waals surface area (Å²) in [7, 11) is 0. The Kier molecular flexibility index (Phi) is 6.70. The number of anilines is 1. The zero-order valence-corrected chi connectivity index (χ0v) is 15.5. The lowest BCUT2D eigenvalue weighted by Gasteiger charge is -2.26. The molecule has 1 heterocycles. The molecule has 1 aromatic heterocycles. The lowest BCUT2D eigenvalue weighted by molar-refractivity contribution is -0.313. The van der Waals surface area contributed by atoms with Gasteiger partial charge in [-0.3, -0.25) is 4.79 Å². The van der Waals surface area contributed by atoms with Gasteiger partial charge in [0.25, 0.3) is 0 Å². The lowest BCUT2D eigenvalue weighted by Crippen LogP contribution is -2.37. The fourth-order valence-corrected chi connectivity index (χ4v) is 3.48. The van der Waals surface area contributed by atoms with E-state index in [1.54, 1.807) is 6.92 Å². The molecular weight excluding hydrogens is 336 g/mol. The quantitative estimate of drug-likeness (QED) is 0.785. The first kappa shape index (κ1) is 19.1. The van der Waals surface area contributed by atoms with Crippen LogP contribution in [0.1, 0.15) is 33.6 Å². The van der Waals surface area contributed by atoms with Gasteiger partial charge in [-0.2, -0.15) is 0 Å². The van der Waals surface area contributed by atoms with Crippen molar-refractivity contribution in [3.8, 4) is 11.3 Å². The van der Waals surface area contributed by atoms with Gasteiger partial charge in [0.15, 0.2) is 5.13 Å². The first-order chi connectivity index (χ1) is 11.9. The van der Waals surface area contributed by atoms with Gasteiger partial charge in [0.2, 0.25) is 5.91 Å². The monoisotopic (exact) mass is 359 g/mol. The predicted molar refractivity (Wildman–Crippen MR) is 97.9 cm³/mol. The number of nitrogens with one attached hydrogen (secondary N) is 1. The van der Waals surface area contributed by atoms with Crippen molar-refractivity contribution in [2.75, 3.05) is 5.32 Å². The number of amides is 1. The number of carboxylic acids is 1. The van der Waals surface area contributed by atoms with Gasteiger partial charge >= 0.3 is 0 Å². The minimum Gasteiger partial charge on any atom is -0.550 e. The highest BCUT2D eigenvalue weighted by molar-refractivity contribution is 7.14. The van der Waals surface area contributed by atoms with E-state index in [9.17, 15) is 14.7 Å². The molecule has 0 aliphatic rings. The van der Waals surface area contributed by atoms with Crippen LogP contribution in [0.2, 0.25) is 0 Å². The number of nitrogens with zero attached hydrogens (tertiary/aromatic N) is 1. The molecule has 2 rings (SSSR count). The average Bonchev–Trinajstić information content (AvgIpc) is 3.01. The summed E-state index contributed by atoms with van der Waals surface area (Å²) in [5.74, 6) is -1.99. The van der Waals surface area contributed by atoms with E-state index in [0.29, 0.717) is 11.6 Å². The van der Waals surface area contributed by atoms with Crippen molar-refractivity contribution in [1.29, 1.82) is 0 Å². The molecule has 0 bridgehead atoms. The molecular formula is C19H23N2O3S-. The van der Waals surface area contributed by atoms with Crippen molar-refractivity contribution in [3.63, 3.8) is 0 Å². The van der Waals surface area contributed by atoms with Crippen molar-refractivity contribution >= 4 is 28.3 Å². The summed E-state index contributed by atoms with van der Waals surface area (Å²) < 4.78 is 0. The van der Waals surface area contributed by atoms with Crippen LogP contribution in [0, 0.1) is 17.8 Å². The van der Waals surface area contributed by atoms with Crippen LogP contribution in [0.3, 0.4) is 0 Å². The summed E-state index contributed by atoms with van der Waals surface area (Å²) in [6.07, 6.45) is 0.637. The second kappa shape index (κ2) is 8.76. The number of thiazole rings is 1. The van der Waals surface area contributed by atoms with Crippen molar-refractivity contribution in [3.05, 3.63) is 35.7 Å². The number of aromatic nitrogens is 1. The van der Waals surface area contributed by atoms with Crippen LogP contribution in [0.25, 0.3) is 11.3 Å². The predicted octanol–water partition coefficient (Wildman–Crippen LogP) is 3.19. The Morgan fingerprint density at radius 1 is 1.20 bits per heavy atom. The lowest BCUT2D eigenvalue weighted by atomic mass is 9.84. The Bertz CT molecular complexity index is 712. The second-order valence-corrected chi connectivity index (χ2v) is 7.55. The maximum absolute atomic E-state index is 12.2. The number of carbonyl (C=O) groups excluding carboxylic acids is 2. The Hall–Kier alpha value is -2.21. The van der Waals surface area contributed by atoms with Crippen molar-refractivity contribution in [1.82, 2.24) is 4.98 Å². The Morgan fingerprint density at radius 2 is 1.88 bits per heavy atom. The molecule has 5 nitrogen and oxygen atoms in total. The summed E-state index contributed by atoms with van der Waals surface area (Å²) in [5, 5.41) is 16.5. The first-order valence-corrected chi connectivity index (χ1v) is 9.26. The number of hydrogen-bond acceptors (Lipinski definition) is 5. The van der Waals surface area contributed by atoms with Crippen molar-refractivity contribution in [2.45, 2.75) is 33.6 Å². The molecule has 0 saturated carbocycles. The van der Waals surface area contributed by atoms with Crippen LogP contribution in [0.4, 0.5) is 5.13 Å². The fourth-order valence-electron chi connectivity index (χ4n) is 2.75. The van der Waals surface area contributed by atoms with E-state index in [0.717, 1.165) is 11.3 Å². The van der Waals surface area contributed by atoms with E-state index in [4.69, 9.17) is 0 Å². The maximum Gasteiger partial charge on any atom is 0.226 e. The van der Waals surface area contributed by atoms with Gasteiger partial charge in [-0.25, -0.2) is 4.98 Å². The van der Waals surface area contributed by atoms with E-state index in [-0.39, 0.29) is 24.2 Å². The Labute approximate surface area is 152 Å². The minimum absolute atomic E-state index is 0.131. The third-order valence-corrected chi connectivity index (χ3v) is 4.80. The normalized spacial score (nSPS) is 13.4. The van der Waals surface area contributed by atoms with E-state index in [2.05, 4.69) is 10.3 Å². The van der Waals surface area contributed by atoms with Crippen LogP contribution < -0.4 is 10.4 Å². The second-order valence-electron chi connectivity index (χ2n) is 6.69. The third-order valence-electron chi connectivity index (χ3n) is 4.04. The SMILES string of the molecule is CC(C)C[C@@H](C(=O)[O-])[C@@H](C)CC(=O)Nc1nc(-c2ccccc2)cs1. The molecule has 6 heteroatoms. The van der Waals surface area contributed by atoms with Gasteiger partial charge in [-0.1, -0.05) is 51.1 Å². The van der Waals surface area contributed by atoms with Gasteiger partial charge in [0.1, 0.15) is 0 Å². The van der Waals surface area contributed by atoms with Gasteiger partial charge in [0, 0.05) is 29.3 Å². The molecule has 0 saturated heterocycles. The van der Waals surface area contributed by atoms with Crippen LogP contribution in [-0.2, 0) is 9.59 Å². The van der Waals surface area contributed by atoms with Crippen molar-refractivity contribution in [2.24, 2.45) is 17.8 Å². The maximum atomic E-state index is 12.2. The molecule has 2 aromatic rings. The molecule has 1 N–H and O–H groups in total. The number of benzene rings is 1. The smallest absolute Gasteiger partial charge is 0.226 e. The number of hydrogen-bond donors (Lipinski definition) is 1.